The van der Waals surface area contributed by atoms with E-state index < -0.39 is 4.92 Å². The van der Waals surface area contributed by atoms with Crippen LogP contribution in [-0.4, -0.2) is 17.9 Å². The summed E-state index contributed by atoms with van der Waals surface area (Å²) in [7, 11) is 1.57. The van der Waals surface area contributed by atoms with Gasteiger partial charge >= 0.3 is 0 Å². The summed E-state index contributed by atoms with van der Waals surface area (Å²) in [4.78, 5) is 22.7. The number of nitro groups is 1. The number of hydrogen-bond donors (Lipinski definition) is 1. The second-order valence-corrected chi connectivity index (χ2v) is 5.60. The lowest BCUT2D eigenvalue weighted by molar-refractivity contribution is -0.384. The summed E-state index contributed by atoms with van der Waals surface area (Å²) in [6, 6.07) is 9.72. The molecular weight excluding hydrogens is 324 g/mol. The van der Waals surface area contributed by atoms with Crippen LogP contribution in [0.5, 0.6) is 5.75 Å². The van der Waals surface area contributed by atoms with Gasteiger partial charge in [0.2, 0.25) is 5.91 Å². The molecule has 0 aliphatic carbocycles. The lowest BCUT2D eigenvalue weighted by Gasteiger charge is -2.08. The van der Waals surface area contributed by atoms with Crippen molar-refractivity contribution in [2.45, 2.75) is 13.3 Å². The Hall–Kier alpha value is -3.35. The van der Waals surface area contributed by atoms with Crippen LogP contribution >= 0.6 is 0 Å². The van der Waals surface area contributed by atoms with E-state index in [-0.39, 0.29) is 18.0 Å². The summed E-state index contributed by atoms with van der Waals surface area (Å²) in [6.07, 6.45) is 1.62. The lowest BCUT2D eigenvalue weighted by Crippen LogP contribution is -2.15. The molecule has 25 heavy (non-hydrogen) atoms. The Labute approximate surface area is 143 Å². The van der Waals surface area contributed by atoms with Gasteiger partial charge in [0.25, 0.3) is 5.69 Å². The van der Waals surface area contributed by atoms with Crippen molar-refractivity contribution in [2.24, 2.45) is 0 Å². The molecule has 0 saturated heterocycles. The average molecular weight is 340 g/mol. The van der Waals surface area contributed by atoms with Crippen molar-refractivity contribution in [1.29, 1.82) is 0 Å². The first-order valence-corrected chi connectivity index (χ1v) is 7.57. The summed E-state index contributed by atoms with van der Waals surface area (Å²) in [5, 5.41) is 14.4. The Bertz CT molecular complexity index is 961. The van der Waals surface area contributed by atoms with E-state index in [1.807, 2.05) is 0 Å². The van der Waals surface area contributed by atoms with Crippen LogP contribution in [0.4, 0.5) is 11.4 Å². The molecule has 128 valence electrons. The Morgan fingerprint density at radius 3 is 2.80 bits per heavy atom. The smallest absolute Gasteiger partial charge is 0.271 e. The zero-order chi connectivity index (χ0) is 18.0. The number of nitrogens with one attached hydrogen (secondary N) is 1. The Morgan fingerprint density at radius 2 is 2.08 bits per heavy atom. The maximum atomic E-state index is 12.4. The van der Waals surface area contributed by atoms with Gasteiger partial charge in [0.1, 0.15) is 11.3 Å². The van der Waals surface area contributed by atoms with Crippen LogP contribution in [0.15, 0.2) is 47.1 Å². The van der Waals surface area contributed by atoms with Crippen LogP contribution in [0.3, 0.4) is 0 Å². The van der Waals surface area contributed by atoms with Gasteiger partial charge in [-0.3, -0.25) is 14.9 Å². The fourth-order valence-corrected chi connectivity index (χ4v) is 2.55. The van der Waals surface area contributed by atoms with E-state index in [4.69, 9.17) is 9.15 Å². The fraction of sp³-hybridized carbons (Fsp3) is 0.167. The minimum Gasteiger partial charge on any atom is -0.497 e. The van der Waals surface area contributed by atoms with Crippen molar-refractivity contribution in [2.75, 3.05) is 12.4 Å². The van der Waals surface area contributed by atoms with Gasteiger partial charge in [-0.25, -0.2) is 0 Å². The molecule has 1 N–H and O–H groups in total. The van der Waals surface area contributed by atoms with Crippen molar-refractivity contribution in [3.8, 4) is 5.75 Å². The van der Waals surface area contributed by atoms with E-state index in [9.17, 15) is 14.9 Å². The molecule has 0 unspecified atom stereocenters. The van der Waals surface area contributed by atoms with Gasteiger partial charge < -0.3 is 14.5 Å². The van der Waals surface area contributed by atoms with Crippen LogP contribution in [0.25, 0.3) is 11.0 Å². The second kappa shape index (κ2) is 6.64. The summed E-state index contributed by atoms with van der Waals surface area (Å²) in [6.45, 7) is 1.78. The number of methoxy groups -OCH3 is 1. The van der Waals surface area contributed by atoms with Crippen LogP contribution in [0.1, 0.15) is 11.1 Å². The van der Waals surface area contributed by atoms with Gasteiger partial charge in [-0.1, -0.05) is 6.07 Å². The molecule has 0 aliphatic rings. The maximum absolute atomic E-state index is 12.4. The predicted octanol–water partition coefficient (Wildman–Crippen LogP) is 3.84. The van der Waals surface area contributed by atoms with E-state index in [2.05, 4.69) is 5.32 Å². The molecule has 1 amide bonds. The van der Waals surface area contributed by atoms with Gasteiger partial charge in [-0.05, 0) is 30.7 Å². The quantitative estimate of drug-likeness (QED) is 0.562. The number of anilines is 1. The summed E-state index contributed by atoms with van der Waals surface area (Å²) in [5.41, 5.74) is 2.48. The molecule has 1 aromatic heterocycles. The lowest BCUT2D eigenvalue weighted by atomic mass is 10.1. The first-order chi connectivity index (χ1) is 12.0. The van der Waals surface area contributed by atoms with Crippen LogP contribution in [-0.2, 0) is 11.2 Å². The number of hydrogen-bond acceptors (Lipinski definition) is 5. The van der Waals surface area contributed by atoms with Gasteiger partial charge in [0.15, 0.2) is 0 Å². The third-order valence-corrected chi connectivity index (χ3v) is 3.92. The largest absolute Gasteiger partial charge is 0.497 e. The van der Waals surface area contributed by atoms with E-state index in [1.54, 1.807) is 38.3 Å². The van der Waals surface area contributed by atoms with Gasteiger partial charge in [-0.15, -0.1) is 0 Å². The Morgan fingerprint density at radius 1 is 1.28 bits per heavy atom. The first-order valence-electron chi connectivity index (χ1n) is 7.57. The molecule has 0 aliphatic heterocycles. The number of fused-ring (bicyclic) bond motifs is 1. The van der Waals surface area contributed by atoms with Crippen molar-refractivity contribution in [3.63, 3.8) is 0 Å². The number of furan rings is 1. The summed E-state index contributed by atoms with van der Waals surface area (Å²) in [5.74, 6) is 0.388. The van der Waals surface area contributed by atoms with Crippen LogP contribution < -0.4 is 10.1 Å². The molecule has 7 nitrogen and oxygen atoms in total. The normalized spacial score (nSPS) is 10.6. The third-order valence-electron chi connectivity index (χ3n) is 3.92. The molecule has 2 aromatic carbocycles. The van der Waals surface area contributed by atoms with Crippen LogP contribution in [0, 0.1) is 17.0 Å². The minimum atomic E-state index is -0.495. The molecule has 0 bridgehead atoms. The maximum Gasteiger partial charge on any atom is 0.271 e. The molecule has 1 heterocycles. The van der Waals surface area contributed by atoms with Gasteiger partial charge in [-0.2, -0.15) is 0 Å². The van der Waals surface area contributed by atoms with E-state index >= 15 is 0 Å². The van der Waals surface area contributed by atoms with Gasteiger partial charge in [0.05, 0.1) is 30.4 Å². The Kier molecular flexibility index (Phi) is 4.38. The summed E-state index contributed by atoms with van der Waals surface area (Å²) < 4.78 is 10.6. The highest BCUT2D eigenvalue weighted by Gasteiger charge is 2.14. The number of nitro benzene ring substituents is 1. The van der Waals surface area contributed by atoms with E-state index in [1.165, 1.54) is 18.4 Å². The number of non-ortho nitro benzene ring substituents is 1. The minimum absolute atomic E-state index is 0.0700. The van der Waals surface area contributed by atoms with E-state index in [0.29, 0.717) is 17.0 Å². The number of aryl methyl sites for hydroxylation is 1. The average Bonchev–Trinajstić information content (AvgIpc) is 2.98. The highest BCUT2D eigenvalue weighted by Crippen LogP contribution is 2.27. The number of carbonyl (C=O) groups is 1. The molecule has 0 saturated carbocycles. The van der Waals surface area contributed by atoms with Crippen molar-refractivity contribution < 1.29 is 18.9 Å². The Balaban J connectivity index is 1.81. The number of nitrogens with zero attached hydrogens (tertiary/aromatic N) is 1. The van der Waals surface area contributed by atoms with Crippen molar-refractivity contribution in [1.82, 2.24) is 0 Å². The monoisotopic (exact) mass is 340 g/mol. The van der Waals surface area contributed by atoms with Crippen molar-refractivity contribution in [3.05, 3.63) is 63.9 Å². The molecule has 3 rings (SSSR count). The van der Waals surface area contributed by atoms with E-state index in [0.717, 1.165) is 16.5 Å². The number of ether oxygens (including phenoxy) is 1. The molecule has 0 spiro atoms. The first kappa shape index (κ1) is 16.5. The summed E-state index contributed by atoms with van der Waals surface area (Å²) >= 11 is 0. The standard InChI is InChI=1S/C18H16N2O5/c1-11-3-4-13(20(22)23)8-16(11)19-18(21)7-12-10-25-17-6-5-14(24-2)9-15(12)17/h3-6,8-10H,7H2,1-2H3,(H,19,21). The predicted molar refractivity (Wildman–Crippen MR) is 92.9 cm³/mol. The third kappa shape index (κ3) is 3.45. The fourth-order valence-electron chi connectivity index (χ4n) is 2.55. The zero-order valence-corrected chi connectivity index (χ0v) is 13.7. The van der Waals surface area contributed by atoms with Crippen LogP contribution in [0.2, 0.25) is 0 Å². The molecule has 0 atom stereocenters. The highest BCUT2D eigenvalue weighted by atomic mass is 16.6. The molecule has 0 fully saturated rings. The topological polar surface area (TPSA) is 94.6 Å². The number of rotatable bonds is 5. The SMILES string of the molecule is COc1ccc2occ(CC(=O)Nc3cc([N+](=O)[O-])ccc3C)c2c1. The molecular formula is C18H16N2O5. The van der Waals surface area contributed by atoms with Crippen molar-refractivity contribution >= 4 is 28.3 Å². The highest BCUT2D eigenvalue weighted by molar-refractivity contribution is 5.96. The van der Waals surface area contributed by atoms with Gasteiger partial charge in [0, 0.05) is 23.1 Å². The second-order valence-electron chi connectivity index (χ2n) is 5.60. The zero-order valence-electron chi connectivity index (χ0n) is 13.7. The molecule has 3 aromatic rings. The number of benzene rings is 2. The molecule has 0 radical (unpaired) electrons. The number of carbonyl (C=O) groups excluding carboxylic acids is 1. The number of amides is 1. The molecule has 7 heteroatoms.